The summed E-state index contributed by atoms with van der Waals surface area (Å²) < 4.78 is 0. The average molecular weight is 797 g/mol. The van der Waals surface area contributed by atoms with Crippen LogP contribution in [0.25, 0.3) is 77.2 Å². The van der Waals surface area contributed by atoms with Crippen LogP contribution in [0.4, 0.5) is 0 Å². The van der Waals surface area contributed by atoms with Gasteiger partial charge in [-0.1, -0.05) is 183 Å². The van der Waals surface area contributed by atoms with Gasteiger partial charge in [-0.2, -0.15) is 0 Å². The molecule has 0 heterocycles. The summed E-state index contributed by atoms with van der Waals surface area (Å²) in [5.41, 5.74) is 27.2. The lowest BCUT2D eigenvalue weighted by atomic mass is 9.60. The molecule has 0 nitrogen and oxygen atoms in total. The summed E-state index contributed by atoms with van der Waals surface area (Å²) in [4.78, 5) is 0. The standard InChI is InChI=1S/C63H40/c1-5-25-49-39(19-1)40-20-2-6-26-50(40)62(49)53-29-13-17-37-15-11-23-43(59(37)53)45-33-55-47(35-57(45)62)48-36-58-46(34-56(48)61(55)31-9-10-32-61)44-24-12-16-38-18-14-30-54(60(38)44)63(58)51-27-7-3-21-41(51)42-22-4-8-28-52(42)63/h1-8,11-30,33-36H,9-10,31-32H2. The lowest BCUT2D eigenvalue weighted by Crippen LogP contribution is -2.32. The van der Waals surface area contributed by atoms with Gasteiger partial charge < -0.3 is 0 Å². The topological polar surface area (TPSA) is 0 Å². The van der Waals surface area contributed by atoms with E-state index in [4.69, 9.17) is 0 Å². The van der Waals surface area contributed by atoms with E-state index in [-0.39, 0.29) is 5.41 Å². The predicted molar refractivity (Wildman–Crippen MR) is 259 cm³/mol. The maximum absolute atomic E-state index is 2.72. The third kappa shape index (κ3) is 3.59. The smallest absolute Gasteiger partial charge is 0.0619 e. The maximum Gasteiger partial charge on any atom is 0.0725 e. The van der Waals surface area contributed by atoms with Gasteiger partial charge in [-0.15, -0.1) is 0 Å². The van der Waals surface area contributed by atoms with E-state index in [1.807, 2.05) is 0 Å². The summed E-state index contributed by atoms with van der Waals surface area (Å²) in [5, 5.41) is 5.44. The number of rotatable bonds is 0. The first kappa shape index (κ1) is 33.4. The van der Waals surface area contributed by atoms with Gasteiger partial charge in [-0.3, -0.25) is 0 Å². The van der Waals surface area contributed by atoms with Gasteiger partial charge >= 0.3 is 0 Å². The quantitative estimate of drug-likeness (QED) is 0.143. The summed E-state index contributed by atoms with van der Waals surface area (Å²) in [7, 11) is 0. The zero-order chi connectivity index (χ0) is 40.8. The zero-order valence-electron chi connectivity index (χ0n) is 34.8. The zero-order valence-corrected chi connectivity index (χ0v) is 34.8. The lowest BCUT2D eigenvalue weighted by molar-refractivity contribution is 0.549. The first-order chi connectivity index (χ1) is 31.2. The fraction of sp³-hybridized carbons (Fsp3) is 0.111. The van der Waals surface area contributed by atoms with Crippen molar-refractivity contribution in [2.45, 2.75) is 41.9 Å². The van der Waals surface area contributed by atoms with Crippen molar-refractivity contribution in [2.75, 3.05) is 0 Å². The normalized spacial score (nSPS) is 17.0. The van der Waals surface area contributed by atoms with Crippen molar-refractivity contribution in [3.63, 3.8) is 0 Å². The third-order valence-electron chi connectivity index (χ3n) is 17.0. The first-order valence-corrected chi connectivity index (χ1v) is 23.1. The SMILES string of the molecule is c1ccc2c(c1)-c1ccccc1C21c2cc3c(cc2-c2cccc4cccc1c24)C1(CCCC1)c1cc2c(cc1-3)C1(c3ccccc3-c3ccccc31)c1cccc3cccc-2c13. The summed E-state index contributed by atoms with van der Waals surface area (Å²) in [6.45, 7) is 0. The number of fused-ring (bicyclic) bond motifs is 23. The molecule has 0 aliphatic heterocycles. The van der Waals surface area contributed by atoms with Crippen LogP contribution in [0, 0.1) is 0 Å². The van der Waals surface area contributed by atoms with Crippen LogP contribution in [0.1, 0.15) is 81.3 Å². The largest absolute Gasteiger partial charge is 0.0725 e. The second kappa shape index (κ2) is 11.2. The highest BCUT2D eigenvalue weighted by Crippen LogP contribution is 2.68. The van der Waals surface area contributed by atoms with Gasteiger partial charge in [0.2, 0.25) is 0 Å². The molecule has 0 aromatic heterocycles. The van der Waals surface area contributed by atoms with Crippen LogP contribution in [0.15, 0.2) is 194 Å². The molecule has 0 amide bonds. The van der Waals surface area contributed by atoms with Gasteiger partial charge in [0.1, 0.15) is 0 Å². The van der Waals surface area contributed by atoms with Gasteiger partial charge in [0, 0.05) is 5.41 Å². The molecule has 1 fully saturated rings. The molecule has 10 aromatic rings. The van der Waals surface area contributed by atoms with E-state index in [1.54, 1.807) is 11.1 Å². The molecule has 0 atom stereocenters. The van der Waals surface area contributed by atoms with E-state index in [9.17, 15) is 0 Å². The Balaban J connectivity index is 1.08. The highest BCUT2D eigenvalue weighted by molar-refractivity contribution is 6.10. The molecule has 6 aliphatic rings. The molecular weight excluding hydrogens is 757 g/mol. The summed E-state index contributed by atoms with van der Waals surface area (Å²) in [6.07, 6.45) is 4.86. The van der Waals surface area contributed by atoms with Crippen molar-refractivity contribution in [3.05, 3.63) is 250 Å². The Hall–Kier alpha value is -7.28. The fourth-order valence-corrected chi connectivity index (χ4v) is 14.8. The molecule has 16 rings (SSSR count). The van der Waals surface area contributed by atoms with Crippen LogP contribution in [0.2, 0.25) is 0 Å². The minimum Gasteiger partial charge on any atom is -0.0619 e. The van der Waals surface area contributed by atoms with E-state index in [1.165, 1.54) is 147 Å². The molecule has 63 heavy (non-hydrogen) atoms. The van der Waals surface area contributed by atoms with Crippen molar-refractivity contribution in [1.29, 1.82) is 0 Å². The molecule has 0 bridgehead atoms. The molecule has 0 radical (unpaired) electrons. The molecule has 0 saturated heterocycles. The second-order valence-corrected chi connectivity index (χ2v) is 19.3. The van der Waals surface area contributed by atoms with Crippen molar-refractivity contribution in [1.82, 2.24) is 0 Å². The molecule has 3 spiro atoms. The molecule has 1 saturated carbocycles. The second-order valence-electron chi connectivity index (χ2n) is 19.3. The minimum atomic E-state index is -0.454. The predicted octanol–water partition coefficient (Wildman–Crippen LogP) is 15.5. The molecule has 6 aliphatic carbocycles. The molecule has 0 heteroatoms. The average Bonchev–Trinajstić information content (AvgIpc) is 4.09. The van der Waals surface area contributed by atoms with Crippen molar-refractivity contribution in [3.8, 4) is 55.6 Å². The Bertz CT molecular complexity index is 3410. The summed E-state index contributed by atoms with van der Waals surface area (Å²) in [5.74, 6) is 0. The fourth-order valence-electron chi connectivity index (χ4n) is 14.8. The van der Waals surface area contributed by atoms with Crippen LogP contribution < -0.4 is 0 Å². The lowest BCUT2D eigenvalue weighted by Gasteiger charge is -2.41. The van der Waals surface area contributed by atoms with Gasteiger partial charge in [0.05, 0.1) is 10.8 Å². The third-order valence-corrected chi connectivity index (χ3v) is 17.0. The van der Waals surface area contributed by atoms with Gasteiger partial charge in [0.25, 0.3) is 0 Å². The highest BCUT2D eigenvalue weighted by atomic mass is 14.6. The van der Waals surface area contributed by atoms with Crippen LogP contribution in [0.3, 0.4) is 0 Å². The van der Waals surface area contributed by atoms with Gasteiger partial charge in [-0.05, 0) is 170 Å². The maximum atomic E-state index is 2.72. The summed E-state index contributed by atoms with van der Waals surface area (Å²) in [6, 6.07) is 76.2. The van der Waals surface area contributed by atoms with E-state index in [2.05, 4.69) is 194 Å². The number of hydrogen-bond acceptors (Lipinski definition) is 0. The minimum absolute atomic E-state index is 0.0399. The van der Waals surface area contributed by atoms with E-state index in [0.717, 1.165) is 0 Å². The number of hydrogen-bond donors (Lipinski definition) is 0. The van der Waals surface area contributed by atoms with Crippen molar-refractivity contribution in [2.24, 2.45) is 0 Å². The van der Waals surface area contributed by atoms with E-state index >= 15 is 0 Å². The Morgan fingerprint density at radius 2 is 0.540 bits per heavy atom. The van der Waals surface area contributed by atoms with Gasteiger partial charge in [-0.25, -0.2) is 0 Å². The van der Waals surface area contributed by atoms with Gasteiger partial charge in [0.15, 0.2) is 0 Å². The molecular formula is C63H40. The van der Waals surface area contributed by atoms with Crippen molar-refractivity contribution < 1.29 is 0 Å². The summed E-state index contributed by atoms with van der Waals surface area (Å²) >= 11 is 0. The van der Waals surface area contributed by atoms with Crippen molar-refractivity contribution >= 4 is 21.5 Å². The number of benzene rings is 10. The molecule has 0 N–H and O–H groups in total. The Kier molecular flexibility index (Phi) is 5.93. The van der Waals surface area contributed by atoms with E-state index < -0.39 is 10.8 Å². The Morgan fingerprint density at radius 3 is 0.937 bits per heavy atom. The van der Waals surface area contributed by atoms with Crippen LogP contribution in [0.5, 0.6) is 0 Å². The van der Waals surface area contributed by atoms with Crippen LogP contribution in [-0.4, -0.2) is 0 Å². The van der Waals surface area contributed by atoms with Crippen LogP contribution in [-0.2, 0) is 16.2 Å². The molecule has 0 unspecified atom stereocenters. The Morgan fingerprint density at radius 1 is 0.238 bits per heavy atom. The molecule has 292 valence electrons. The van der Waals surface area contributed by atoms with E-state index in [0.29, 0.717) is 0 Å². The Labute approximate surface area is 367 Å². The molecule has 10 aromatic carbocycles. The first-order valence-electron chi connectivity index (χ1n) is 23.1. The highest BCUT2D eigenvalue weighted by Gasteiger charge is 2.55. The van der Waals surface area contributed by atoms with Crippen LogP contribution >= 0.6 is 0 Å². The monoisotopic (exact) mass is 796 g/mol.